The molecule has 0 bridgehead atoms. The maximum Gasteiger partial charge on any atom is 0.315 e. The molecule has 1 rings (SSSR count). The number of carbonyl (C=O) groups excluding carboxylic acids is 2. The van der Waals surface area contributed by atoms with Crippen molar-refractivity contribution >= 4 is 17.6 Å². The Morgan fingerprint density at radius 2 is 1.95 bits per heavy atom. The van der Waals surface area contributed by atoms with Gasteiger partial charge in [0.2, 0.25) is 5.91 Å². The molecule has 0 heterocycles. The third kappa shape index (κ3) is 5.30. The third-order valence-corrected chi connectivity index (χ3v) is 3.04. The van der Waals surface area contributed by atoms with E-state index in [-0.39, 0.29) is 17.9 Å². The minimum atomic E-state index is -0.193. The Morgan fingerprint density at radius 1 is 1.20 bits per heavy atom. The number of hydrogen-bond donors (Lipinski definition) is 3. The van der Waals surface area contributed by atoms with Gasteiger partial charge in [-0.05, 0) is 31.0 Å². The Balaban J connectivity index is 2.57. The Kier molecular flexibility index (Phi) is 6.56. The lowest BCUT2D eigenvalue weighted by atomic mass is 10.1. The van der Waals surface area contributed by atoms with E-state index in [0.717, 1.165) is 17.7 Å². The molecule has 0 aliphatic heterocycles. The van der Waals surface area contributed by atoms with E-state index in [4.69, 9.17) is 0 Å². The predicted octanol–water partition coefficient (Wildman–Crippen LogP) is 2.49. The van der Waals surface area contributed by atoms with Gasteiger partial charge in [-0.15, -0.1) is 0 Å². The number of nitrogens with one attached hydrogen (secondary N) is 3. The number of urea groups is 1. The molecule has 0 saturated heterocycles. The number of rotatable bonds is 6. The van der Waals surface area contributed by atoms with Crippen molar-refractivity contribution in [2.75, 3.05) is 11.9 Å². The van der Waals surface area contributed by atoms with Gasteiger partial charge in [-0.1, -0.05) is 26.0 Å². The molecule has 0 aliphatic rings. The largest absolute Gasteiger partial charge is 0.338 e. The SMILES string of the molecule is CCNC(=O)NCc1cccc(NC(=O)[C@@H](C)CC)c1. The fourth-order valence-electron chi connectivity index (χ4n) is 1.62. The van der Waals surface area contributed by atoms with E-state index in [1.807, 2.05) is 45.0 Å². The summed E-state index contributed by atoms with van der Waals surface area (Å²) in [5, 5.41) is 8.30. The summed E-state index contributed by atoms with van der Waals surface area (Å²) >= 11 is 0. The summed E-state index contributed by atoms with van der Waals surface area (Å²) in [6.07, 6.45) is 0.810. The zero-order valence-electron chi connectivity index (χ0n) is 12.3. The Morgan fingerprint density at radius 3 is 2.60 bits per heavy atom. The van der Waals surface area contributed by atoms with Crippen LogP contribution in [0.25, 0.3) is 0 Å². The summed E-state index contributed by atoms with van der Waals surface area (Å²) < 4.78 is 0. The molecule has 3 N–H and O–H groups in total. The lowest BCUT2D eigenvalue weighted by molar-refractivity contribution is -0.119. The van der Waals surface area contributed by atoms with E-state index in [0.29, 0.717) is 13.1 Å². The standard InChI is InChI=1S/C15H23N3O2/c1-4-11(3)14(19)18-13-8-6-7-12(9-13)10-17-15(20)16-5-2/h6-9,11H,4-5,10H2,1-3H3,(H,18,19)(H2,16,17,20)/t11-/m0/s1. The summed E-state index contributed by atoms with van der Waals surface area (Å²) in [6, 6.07) is 7.29. The van der Waals surface area contributed by atoms with Crippen LogP contribution in [0.4, 0.5) is 10.5 Å². The van der Waals surface area contributed by atoms with Gasteiger partial charge < -0.3 is 16.0 Å². The summed E-state index contributed by atoms with van der Waals surface area (Å²) in [6.45, 7) is 6.77. The lowest BCUT2D eigenvalue weighted by Gasteiger charge is -2.11. The molecule has 0 unspecified atom stereocenters. The molecule has 5 nitrogen and oxygen atoms in total. The molecule has 1 atom stereocenters. The zero-order chi connectivity index (χ0) is 15.0. The van der Waals surface area contributed by atoms with Crippen LogP contribution in [0.2, 0.25) is 0 Å². The first-order chi connectivity index (χ1) is 9.56. The number of benzene rings is 1. The summed E-state index contributed by atoms with van der Waals surface area (Å²) in [5.74, 6) is 0.00782. The molecule has 20 heavy (non-hydrogen) atoms. The number of amides is 3. The Hall–Kier alpha value is -2.04. The second-order valence-electron chi connectivity index (χ2n) is 4.71. The maximum atomic E-state index is 11.8. The highest BCUT2D eigenvalue weighted by Crippen LogP contribution is 2.13. The summed E-state index contributed by atoms with van der Waals surface area (Å²) in [4.78, 5) is 23.1. The summed E-state index contributed by atoms with van der Waals surface area (Å²) in [7, 11) is 0. The van der Waals surface area contributed by atoms with Crippen molar-refractivity contribution in [2.45, 2.75) is 33.7 Å². The van der Waals surface area contributed by atoms with Crippen molar-refractivity contribution in [3.8, 4) is 0 Å². The number of hydrogen-bond acceptors (Lipinski definition) is 2. The summed E-state index contributed by atoms with van der Waals surface area (Å²) in [5.41, 5.74) is 1.70. The first kappa shape index (κ1) is 16.0. The minimum absolute atomic E-state index is 0.00730. The van der Waals surface area contributed by atoms with E-state index in [2.05, 4.69) is 16.0 Å². The van der Waals surface area contributed by atoms with Crippen LogP contribution >= 0.6 is 0 Å². The molecule has 0 radical (unpaired) electrons. The van der Waals surface area contributed by atoms with Crippen molar-refractivity contribution in [1.29, 1.82) is 0 Å². The molecule has 3 amide bonds. The number of carbonyl (C=O) groups is 2. The average Bonchev–Trinajstić information content (AvgIpc) is 2.45. The van der Waals surface area contributed by atoms with Crippen molar-refractivity contribution in [3.63, 3.8) is 0 Å². The third-order valence-electron chi connectivity index (χ3n) is 3.04. The molecular formula is C15H23N3O2. The second-order valence-corrected chi connectivity index (χ2v) is 4.71. The van der Waals surface area contributed by atoms with Crippen LogP contribution in [0.15, 0.2) is 24.3 Å². The normalized spacial score (nSPS) is 11.6. The van der Waals surface area contributed by atoms with Gasteiger partial charge in [0.05, 0.1) is 0 Å². The predicted molar refractivity (Wildman–Crippen MR) is 80.4 cm³/mol. The maximum absolute atomic E-state index is 11.8. The first-order valence-corrected chi connectivity index (χ1v) is 6.98. The van der Waals surface area contributed by atoms with Crippen LogP contribution < -0.4 is 16.0 Å². The van der Waals surface area contributed by atoms with Gasteiger partial charge in [-0.25, -0.2) is 4.79 Å². The van der Waals surface area contributed by atoms with E-state index in [1.165, 1.54) is 0 Å². The van der Waals surface area contributed by atoms with Crippen LogP contribution in [-0.2, 0) is 11.3 Å². The van der Waals surface area contributed by atoms with Gasteiger partial charge in [-0.2, -0.15) is 0 Å². The second kappa shape index (κ2) is 8.19. The topological polar surface area (TPSA) is 70.2 Å². The van der Waals surface area contributed by atoms with Crippen molar-refractivity contribution in [2.24, 2.45) is 5.92 Å². The van der Waals surface area contributed by atoms with Gasteiger partial charge in [-0.3, -0.25) is 4.79 Å². The van der Waals surface area contributed by atoms with E-state index in [1.54, 1.807) is 0 Å². The molecule has 5 heteroatoms. The fourth-order valence-corrected chi connectivity index (χ4v) is 1.62. The molecule has 1 aromatic rings. The highest BCUT2D eigenvalue weighted by molar-refractivity contribution is 5.92. The van der Waals surface area contributed by atoms with Gasteiger partial charge in [0.15, 0.2) is 0 Å². The minimum Gasteiger partial charge on any atom is -0.338 e. The number of anilines is 1. The first-order valence-electron chi connectivity index (χ1n) is 6.98. The van der Waals surface area contributed by atoms with Crippen molar-refractivity contribution in [3.05, 3.63) is 29.8 Å². The Bertz CT molecular complexity index is 460. The molecule has 1 aromatic carbocycles. The quantitative estimate of drug-likeness (QED) is 0.747. The molecule has 110 valence electrons. The highest BCUT2D eigenvalue weighted by Gasteiger charge is 2.10. The fraction of sp³-hybridized carbons (Fsp3) is 0.467. The van der Waals surface area contributed by atoms with Crippen LogP contribution in [0.3, 0.4) is 0 Å². The molecule has 0 aliphatic carbocycles. The zero-order valence-corrected chi connectivity index (χ0v) is 12.3. The van der Waals surface area contributed by atoms with Crippen LogP contribution in [0.5, 0.6) is 0 Å². The van der Waals surface area contributed by atoms with E-state index < -0.39 is 0 Å². The molecule has 0 spiro atoms. The Labute approximate surface area is 120 Å². The molecular weight excluding hydrogens is 254 g/mol. The molecule has 0 saturated carbocycles. The van der Waals surface area contributed by atoms with Gasteiger partial charge in [0.1, 0.15) is 0 Å². The van der Waals surface area contributed by atoms with E-state index >= 15 is 0 Å². The van der Waals surface area contributed by atoms with Crippen LogP contribution in [-0.4, -0.2) is 18.5 Å². The lowest BCUT2D eigenvalue weighted by Crippen LogP contribution is -2.34. The average molecular weight is 277 g/mol. The van der Waals surface area contributed by atoms with Crippen molar-refractivity contribution in [1.82, 2.24) is 10.6 Å². The van der Waals surface area contributed by atoms with Crippen molar-refractivity contribution < 1.29 is 9.59 Å². The van der Waals surface area contributed by atoms with E-state index in [9.17, 15) is 9.59 Å². The van der Waals surface area contributed by atoms with Gasteiger partial charge in [0.25, 0.3) is 0 Å². The van der Waals surface area contributed by atoms with Gasteiger partial charge in [0, 0.05) is 24.7 Å². The smallest absolute Gasteiger partial charge is 0.315 e. The van der Waals surface area contributed by atoms with Crippen LogP contribution in [0, 0.1) is 5.92 Å². The molecule has 0 aromatic heterocycles. The monoisotopic (exact) mass is 277 g/mol. The highest BCUT2D eigenvalue weighted by atomic mass is 16.2. The van der Waals surface area contributed by atoms with Crippen LogP contribution in [0.1, 0.15) is 32.8 Å². The molecule has 0 fully saturated rings. The van der Waals surface area contributed by atoms with Gasteiger partial charge >= 0.3 is 6.03 Å².